The second-order valence-corrected chi connectivity index (χ2v) is 8.56. The number of nitrogens with zero attached hydrogens (tertiary/aromatic N) is 1. The van der Waals surface area contributed by atoms with E-state index in [4.69, 9.17) is 9.47 Å². The van der Waals surface area contributed by atoms with Crippen molar-refractivity contribution in [3.05, 3.63) is 78.2 Å². The number of carbonyl (C=O) groups is 1. The van der Waals surface area contributed by atoms with Crippen LogP contribution in [-0.2, 0) is 16.6 Å². The Bertz CT molecular complexity index is 931. The Morgan fingerprint density at radius 2 is 1.94 bits per heavy atom. The van der Waals surface area contributed by atoms with E-state index in [1.807, 2.05) is 18.2 Å². The Kier molecular flexibility index (Phi) is 6.86. The second kappa shape index (κ2) is 9.95. The summed E-state index contributed by atoms with van der Waals surface area (Å²) in [7, 11) is 1.68. The first-order chi connectivity index (χ1) is 15.2. The summed E-state index contributed by atoms with van der Waals surface area (Å²) in [6.07, 6.45) is 20.5. The van der Waals surface area contributed by atoms with Crippen LogP contribution in [0.15, 0.2) is 67.0 Å². The molecule has 0 saturated heterocycles. The summed E-state index contributed by atoms with van der Waals surface area (Å²) in [5.41, 5.74) is 1.92. The highest BCUT2D eigenvalue weighted by atomic mass is 16.5. The third-order valence-corrected chi connectivity index (χ3v) is 6.71. The minimum Gasteiger partial charge on any atom is -0.493 e. The molecule has 0 bridgehead atoms. The highest BCUT2D eigenvalue weighted by Crippen LogP contribution is 2.44. The van der Waals surface area contributed by atoms with Gasteiger partial charge in [-0.25, -0.2) is 0 Å². The lowest BCUT2D eigenvalue weighted by Gasteiger charge is -2.37. The van der Waals surface area contributed by atoms with Gasteiger partial charge in [0.1, 0.15) is 6.29 Å². The number of aldehydes is 1. The number of hydrogen-bond acceptors (Lipinski definition) is 4. The number of methoxy groups -OCH3 is 1. The second-order valence-electron chi connectivity index (χ2n) is 8.56. The normalized spacial score (nSPS) is 21.7. The zero-order chi connectivity index (χ0) is 21.5. The number of aryl methyl sites for hydroxylation is 1. The molecule has 2 unspecified atom stereocenters. The first-order valence-electron chi connectivity index (χ1n) is 11.3. The summed E-state index contributed by atoms with van der Waals surface area (Å²) < 4.78 is 11.9. The van der Waals surface area contributed by atoms with Crippen LogP contribution >= 0.6 is 0 Å². The fraction of sp³-hybridized carbons (Fsp3) is 0.407. The van der Waals surface area contributed by atoms with Gasteiger partial charge in [-0.05, 0) is 80.3 Å². The molecule has 2 aliphatic rings. The van der Waals surface area contributed by atoms with Crippen LogP contribution in [0.4, 0.5) is 0 Å². The molecule has 31 heavy (non-hydrogen) atoms. The van der Waals surface area contributed by atoms with Crippen molar-refractivity contribution in [3.63, 3.8) is 0 Å². The number of aromatic nitrogens is 1. The zero-order valence-electron chi connectivity index (χ0n) is 18.2. The lowest BCUT2D eigenvalue weighted by molar-refractivity contribution is -0.112. The molecule has 1 aromatic heterocycles. The van der Waals surface area contributed by atoms with E-state index in [1.165, 1.54) is 18.4 Å². The molecule has 0 spiro atoms. The summed E-state index contributed by atoms with van der Waals surface area (Å²) in [6.45, 7) is 0. The minimum atomic E-state index is -0.385. The third-order valence-electron chi connectivity index (χ3n) is 6.71. The summed E-state index contributed by atoms with van der Waals surface area (Å²) in [4.78, 5) is 16.5. The maximum atomic E-state index is 12.4. The van der Waals surface area contributed by atoms with Gasteiger partial charge in [0, 0.05) is 23.7 Å². The maximum Gasteiger partial charge on any atom is 0.161 e. The SMILES string of the molecule is COc1ccc(C2(C(C=O)CCc3ccncc3)C=CC=CC2)cc1OC1CCCC1. The molecular weight excluding hydrogens is 386 g/mol. The Balaban J connectivity index is 1.65. The highest BCUT2D eigenvalue weighted by molar-refractivity contribution is 5.61. The third kappa shape index (κ3) is 4.73. The van der Waals surface area contributed by atoms with Crippen molar-refractivity contribution in [2.45, 2.75) is 56.5 Å². The summed E-state index contributed by atoms with van der Waals surface area (Å²) >= 11 is 0. The predicted octanol–water partition coefficient (Wildman–Crippen LogP) is 5.61. The van der Waals surface area contributed by atoms with Crippen LogP contribution < -0.4 is 9.47 Å². The van der Waals surface area contributed by atoms with Crippen LogP contribution in [0.1, 0.15) is 49.7 Å². The Morgan fingerprint density at radius 3 is 2.61 bits per heavy atom. The van der Waals surface area contributed by atoms with Crippen LogP contribution in [0, 0.1) is 5.92 Å². The molecule has 4 rings (SSSR count). The molecule has 0 N–H and O–H groups in total. The Hall–Kier alpha value is -2.88. The summed E-state index contributed by atoms with van der Waals surface area (Å²) in [5.74, 6) is 1.39. The van der Waals surface area contributed by atoms with E-state index in [-0.39, 0.29) is 17.4 Å². The van der Waals surface area contributed by atoms with Crippen molar-refractivity contribution in [3.8, 4) is 11.5 Å². The van der Waals surface area contributed by atoms with Gasteiger partial charge in [-0.1, -0.05) is 30.4 Å². The molecule has 0 radical (unpaired) electrons. The smallest absolute Gasteiger partial charge is 0.161 e. The number of rotatable bonds is 9. The zero-order valence-corrected chi connectivity index (χ0v) is 18.2. The van der Waals surface area contributed by atoms with E-state index in [2.05, 4.69) is 41.4 Å². The topological polar surface area (TPSA) is 48.4 Å². The molecule has 0 aliphatic heterocycles. The average molecular weight is 418 g/mol. The van der Waals surface area contributed by atoms with Gasteiger partial charge in [-0.15, -0.1) is 0 Å². The molecule has 1 fully saturated rings. The van der Waals surface area contributed by atoms with Crippen molar-refractivity contribution in [1.29, 1.82) is 0 Å². The van der Waals surface area contributed by atoms with E-state index < -0.39 is 0 Å². The maximum absolute atomic E-state index is 12.4. The van der Waals surface area contributed by atoms with Gasteiger partial charge in [-0.2, -0.15) is 0 Å². The molecule has 1 saturated carbocycles. The van der Waals surface area contributed by atoms with Crippen LogP contribution in [0.5, 0.6) is 11.5 Å². The van der Waals surface area contributed by atoms with E-state index in [0.29, 0.717) is 0 Å². The average Bonchev–Trinajstić information content (AvgIpc) is 3.34. The van der Waals surface area contributed by atoms with Crippen molar-refractivity contribution < 1.29 is 14.3 Å². The fourth-order valence-corrected chi connectivity index (χ4v) is 4.90. The van der Waals surface area contributed by atoms with Crippen LogP contribution in [0.25, 0.3) is 0 Å². The first kappa shape index (κ1) is 21.4. The van der Waals surface area contributed by atoms with Crippen molar-refractivity contribution in [2.24, 2.45) is 5.92 Å². The molecule has 2 atom stereocenters. The van der Waals surface area contributed by atoms with Crippen LogP contribution in [0.2, 0.25) is 0 Å². The number of pyridine rings is 1. The van der Waals surface area contributed by atoms with Crippen LogP contribution in [-0.4, -0.2) is 24.5 Å². The number of benzene rings is 1. The standard InChI is InChI=1S/C27H31NO3/c1-30-25-12-11-22(19-26(25)31-24-7-3-4-8-24)27(15-5-2-6-16-27)23(20-29)10-9-21-13-17-28-18-14-21/h2,5-6,11-15,17-20,23-24H,3-4,7-10,16H2,1H3. The van der Waals surface area contributed by atoms with Gasteiger partial charge >= 0.3 is 0 Å². The largest absolute Gasteiger partial charge is 0.493 e. The van der Waals surface area contributed by atoms with Gasteiger partial charge in [0.15, 0.2) is 11.5 Å². The molecule has 1 heterocycles. The van der Waals surface area contributed by atoms with E-state index >= 15 is 0 Å². The van der Waals surface area contributed by atoms with Gasteiger partial charge in [0.05, 0.1) is 13.2 Å². The van der Waals surface area contributed by atoms with Gasteiger partial charge in [-0.3, -0.25) is 4.98 Å². The van der Waals surface area contributed by atoms with Gasteiger partial charge < -0.3 is 14.3 Å². The summed E-state index contributed by atoms with van der Waals surface area (Å²) in [6, 6.07) is 10.2. The monoisotopic (exact) mass is 417 g/mol. The predicted molar refractivity (Wildman–Crippen MR) is 123 cm³/mol. The number of allylic oxidation sites excluding steroid dienone is 4. The Morgan fingerprint density at radius 1 is 1.13 bits per heavy atom. The van der Waals surface area contributed by atoms with E-state index in [9.17, 15) is 4.79 Å². The Labute approximate surface area is 185 Å². The van der Waals surface area contributed by atoms with Gasteiger partial charge in [0.25, 0.3) is 0 Å². The molecule has 4 nitrogen and oxygen atoms in total. The molecule has 2 aliphatic carbocycles. The molecule has 162 valence electrons. The van der Waals surface area contributed by atoms with Crippen LogP contribution in [0.3, 0.4) is 0 Å². The highest BCUT2D eigenvalue weighted by Gasteiger charge is 2.38. The molecule has 2 aromatic rings. The minimum absolute atomic E-state index is 0.144. The van der Waals surface area contributed by atoms with E-state index in [1.54, 1.807) is 19.5 Å². The molecule has 4 heteroatoms. The van der Waals surface area contributed by atoms with Crippen molar-refractivity contribution in [1.82, 2.24) is 4.98 Å². The lowest BCUT2D eigenvalue weighted by atomic mass is 9.65. The van der Waals surface area contributed by atoms with Crippen molar-refractivity contribution >= 4 is 6.29 Å². The lowest BCUT2D eigenvalue weighted by Crippen LogP contribution is -2.35. The number of carbonyl (C=O) groups excluding carboxylic acids is 1. The number of hydrogen-bond donors (Lipinski definition) is 0. The number of ether oxygens (including phenoxy) is 2. The first-order valence-corrected chi connectivity index (χ1v) is 11.3. The fourth-order valence-electron chi connectivity index (χ4n) is 4.90. The molecule has 1 aromatic carbocycles. The summed E-state index contributed by atoms with van der Waals surface area (Å²) in [5, 5.41) is 0. The molecule has 0 amide bonds. The van der Waals surface area contributed by atoms with Gasteiger partial charge in [0.2, 0.25) is 0 Å². The quantitative estimate of drug-likeness (QED) is 0.497. The van der Waals surface area contributed by atoms with Crippen molar-refractivity contribution in [2.75, 3.05) is 7.11 Å². The van der Waals surface area contributed by atoms with E-state index in [0.717, 1.165) is 55.5 Å². The molecular formula is C27H31NO3.